The highest BCUT2D eigenvalue weighted by atomic mass is 35.5. The van der Waals surface area contributed by atoms with Gasteiger partial charge in [0, 0.05) is 24.0 Å². The van der Waals surface area contributed by atoms with Crippen molar-refractivity contribution in [3.63, 3.8) is 0 Å². The molecule has 2 aliphatic rings. The molecule has 0 saturated carbocycles. The number of aryl methyl sites for hydroxylation is 1. The normalized spacial score (nSPS) is 23.5. The van der Waals surface area contributed by atoms with Crippen LogP contribution in [-0.4, -0.2) is 47.1 Å². The molecule has 2 saturated heterocycles. The van der Waals surface area contributed by atoms with Crippen LogP contribution in [0.3, 0.4) is 0 Å². The van der Waals surface area contributed by atoms with E-state index in [-0.39, 0.29) is 0 Å². The van der Waals surface area contributed by atoms with Gasteiger partial charge in [-0.3, -0.25) is 4.90 Å². The summed E-state index contributed by atoms with van der Waals surface area (Å²) in [5.74, 6) is 1.02. The molecular formula is C15H19ClN4S. The molecule has 21 heavy (non-hydrogen) atoms. The first-order chi connectivity index (χ1) is 10.2. The highest BCUT2D eigenvalue weighted by Crippen LogP contribution is 2.34. The molecule has 4 rings (SSSR count). The van der Waals surface area contributed by atoms with Gasteiger partial charge in [0.1, 0.15) is 10.6 Å². The Bertz CT molecular complexity index is 665. The topological polar surface area (TPSA) is 32.3 Å². The fourth-order valence-corrected chi connectivity index (χ4v) is 4.67. The second-order valence-electron chi connectivity index (χ2n) is 6.02. The van der Waals surface area contributed by atoms with E-state index < -0.39 is 0 Å². The maximum absolute atomic E-state index is 6.12. The van der Waals surface area contributed by atoms with Gasteiger partial charge >= 0.3 is 0 Å². The van der Waals surface area contributed by atoms with E-state index in [1.54, 1.807) is 11.3 Å². The minimum atomic E-state index is 0.365. The third kappa shape index (κ3) is 2.51. The van der Waals surface area contributed by atoms with E-state index in [0.717, 1.165) is 29.1 Å². The molecule has 0 spiro atoms. The van der Waals surface area contributed by atoms with Gasteiger partial charge in [0.05, 0.1) is 5.39 Å². The van der Waals surface area contributed by atoms with Crippen molar-refractivity contribution in [3.05, 3.63) is 16.2 Å². The average molecular weight is 323 g/mol. The molecule has 0 amide bonds. The molecule has 2 aliphatic heterocycles. The maximum Gasteiger partial charge on any atom is 0.225 e. The van der Waals surface area contributed by atoms with E-state index in [4.69, 9.17) is 11.6 Å². The van der Waals surface area contributed by atoms with E-state index in [2.05, 4.69) is 32.8 Å². The standard InChI is InChI=1S/C15H19ClN4S/c1-10-8-12-13(17-15(16)18-14(12)21-10)20-7-4-11(9-20)19-5-2-3-6-19/h8,11H,2-7,9H2,1H3. The molecule has 1 unspecified atom stereocenters. The summed E-state index contributed by atoms with van der Waals surface area (Å²) in [6.45, 7) is 6.77. The van der Waals surface area contributed by atoms with E-state index in [1.807, 2.05) is 0 Å². The van der Waals surface area contributed by atoms with E-state index in [9.17, 15) is 0 Å². The van der Waals surface area contributed by atoms with Gasteiger partial charge in [0.25, 0.3) is 0 Å². The molecule has 112 valence electrons. The SMILES string of the molecule is Cc1cc2c(N3CCC(N4CCCC4)C3)nc(Cl)nc2s1. The molecule has 4 heterocycles. The van der Waals surface area contributed by atoms with Gasteiger partial charge in [-0.25, -0.2) is 4.98 Å². The van der Waals surface area contributed by atoms with Crippen LogP contribution in [-0.2, 0) is 0 Å². The lowest BCUT2D eigenvalue weighted by Gasteiger charge is -2.24. The number of anilines is 1. The Morgan fingerprint density at radius 1 is 1.24 bits per heavy atom. The van der Waals surface area contributed by atoms with Crippen LogP contribution in [0.4, 0.5) is 5.82 Å². The van der Waals surface area contributed by atoms with Crippen molar-refractivity contribution in [1.82, 2.24) is 14.9 Å². The molecule has 2 fully saturated rings. The van der Waals surface area contributed by atoms with Crippen molar-refractivity contribution in [2.45, 2.75) is 32.2 Å². The van der Waals surface area contributed by atoms with Crippen molar-refractivity contribution >= 4 is 39.0 Å². The number of rotatable bonds is 2. The number of halogens is 1. The van der Waals surface area contributed by atoms with Crippen molar-refractivity contribution in [2.24, 2.45) is 0 Å². The molecule has 0 N–H and O–H groups in total. The van der Waals surface area contributed by atoms with E-state index in [1.165, 1.54) is 37.2 Å². The van der Waals surface area contributed by atoms with Crippen LogP contribution in [0.2, 0.25) is 5.28 Å². The predicted octanol–water partition coefficient (Wildman–Crippen LogP) is 3.33. The zero-order valence-corrected chi connectivity index (χ0v) is 13.8. The second kappa shape index (κ2) is 5.38. The molecule has 0 bridgehead atoms. The van der Waals surface area contributed by atoms with Crippen LogP contribution in [0.1, 0.15) is 24.1 Å². The second-order valence-corrected chi connectivity index (χ2v) is 7.60. The number of hydrogen-bond donors (Lipinski definition) is 0. The molecule has 1 atom stereocenters. The Kier molecular flexibility index (Phi) is 3.52. The van der Waals surface area contributed by atoms with Crippen LogP contribution in [0.5, 0.6) is 0 Å². The number of thiophene rings is 1. The fraction of sp³-hybridized carbons (Fsp3) is 0.600. The lowest BCUT2D eigenvalue weighted by atomic mass is 10.2. The van der Waals surface area contributed by atoms with E-state index >= 15 is 0 Å². The number of hydrogen-bond acceptors (Lipinski definition) is 5. The predicted molar refractivity (Wildman–Crippen MR) is 88.6 cm³/mol. The Morgan fingerprint density at radius 3 is 2.86 bits per heavy atom. The van der Waals surface area contributed by atoms with E-state index in [0.29, 0.717) is 11.3 Å². The smallest absolute Gasteiger partial charge is 0.225 e. The maximum atomic E-state index is 6.12. The molecule has 4 nitrogen and oxygen atoms in total. The Morgan fingerprint density at radius 2 is 2.05 bits per heavy atom. The van der Waals surface area contributed by atoms with Gasteiger partial charge in [-0.1, -0.05) is 0 Å². The first-order valence-electron chi connectivity index (χ1n) is 7.63. The third-order valence-corrected chi connectivity index (χ3v) is 5.70. The first kappa shape index (κ1) is 13.7. The summed E-state index contributed by atoms with van der Waals surface area (Å²) in [5.41, 5.74) is 0. The largest absolute Gasteiger partial charge is 0.354 e. The zero-order chi connectivity index (χ0) is 14.4. The van der Waals surface area contributed by atoms with Gasteiger partial charge in [0.15, 0.2) is 0 Å². The lowest BCUT2D eigenvalue weighted by Crippen LogP contribution is -2.35. The molecular weight excluding hydrogens is 304 g/mol. The molecule has 0 aliphatic carbocycles. The Balaban J connectivity index is 1.64. The summed E-state index contributed by atoms with van der Waals surface area (Å²) >= 11 is 7.82. The summed E-state index contributed by atoms with van der Waals surface area (Å²) in [6.07, 6.45) is 3.93. The highest BCUT2D eigenvalue weighted by molar-refractivity contribution is 7.18. The van der Waals surface area contributed by atoms with Gasteiger partial charge in [-0.05, 0) is 56.9 Å². The Labute approximate surface area is 133 Å². The first-order valence-corrected chi connectivity index (χ1v) is 8.83. The monoisotopic (exact) mass is 322 g/mol. The molecule has 2 aromatic rings. The Hall–Kier alpha value is -0.910. The summed E-state index contributed by atoms with van der Waals surface area (Å²) < 4.78 is 0. The summed E-state index contributed by atoms with van der Waals surface area (Å²) in [5, 5.41) is 1.52. The molecule has 2 aromatic heterocycles. The minimum absolute atomic E-state index is 0.365. The fourth-order valence-electron chi connectivity index (χ4n) is 3.58. The average Bonchev–Trinajstić information content (AvgIpc) is 3.16. The van der Waals surface area contributed by atoms with Crippen molar-refractivity contribution in [2.75, 3.05) is 31.1 Å². The van der Waals surface area contributed by atoms with Crippen molar-refractivity contribution < 1.29 is 0 Å². The van der Waals surface area contributed by atoms with Crippen molar-refractivity contribution in [1.29, 1.82) is 0 Å². The lowest BCUT2D eigenvalue weighted by molar-refractivity contribution is 0.260. The summed E-state index contributed by atoms with van der Waals surface area (Å²) in [7, 11) is 0. The molecule has 0 aromatic carbocycles. The summed E-state index contributed by atoms with van der Waals surface area (Å²) in [4.78, 5) is 16.2. The van der Waals surface area contributed by atoms with Gasteiger partial charge in [-0.15, -0.1) is 11.3 Å². The van der Waals surface area contributed by atoms with Gasteiger partial charge in [-0.2, -0.15) is 4.98 Å². The van der Waals surface area contributed by atoms with Crippen LogP contribution < -0.4 is 4.90 Å². The highest BCUT2D eigenvalue weighted by Gasteiger charge is 2.31. The van der Waals surface area contributed by atoms with Gasteiger partial charge in [0.2, 0.25) is 5.28 Å². The van der Waals surface area contributed by atoms with Crippen LogP contribution in [0, 0.1) is 6.92 Å². The zero-order valence-electron chi connectivity index (χ0n) is 12.2. The number of nitrogens with zero attached hydrogens (tertiary/aromatic N) is 4. The summed E-state index contributed by atoms with van der Waals surface area (Å²) in [6, 6.07) is 2.87. The van der Waals surface area contributed by atoms with Gasteiger partial charge < -0.3 is 4.90 Å². The number of aromatic nitrogens is 2. The third-order valence-electron chi connectivity index (χ3n) is 4.59. The van der Waals surface area contributed by atoms with Crippen LogP contribution in [0.25, 0.3) is 10.2 Å². The minimum Gasteiger partial charge on any atom is -0.354 e. The molecule has 6 heteroatoms. The van der Waals surface area contributed by atoms with Crippen LogP contribution in [0.15, 0.2) is 6.07 Å². The van der Waals surface area contributed by atoms with Crippen LogP contribution >= 0.6 is 22.9 Å². The quantitative estimate of drug-likeness (QED) is 0.794. The number of likely N-dealkylation sites (tertiary alicyclic amines) is 1. The molecule has 0 radical (unpaired) electrons. The van der Waals surface area contributed by atoms with Crippen molar-refractivity contribution in [3.8, 4) is 0 Å². The number of fused-ring (bicyclic) bond motifs is 1.